The molecule has 0 aliphatic rings. The molecule has 0 heterocycles. The van der Waals surface area contributed by atoms with Crippen LogP contribution in [0, 0.1) is 0 Å². The monoisotopic (exact) mass is 308 g/mol. The van der Waals surface area contributed by atoms with Crippen LogP contribution < -0.4 is 10.6 Å². The number of alkyl halides is 3. The van der Waals surface area contributed by atoms with E-state index in [0.29, 0.717) is 12.2 Å². The Balaban J connectivity index is 2.55. The van der Waals surface area contributed by atoms with Crippen LogP contribution >= 0.6 is 11.6 Å². The van der Waals surface area contributed by atoms with Crippen molar-refractivity contribution < 1.29 is 18.0 Å². The Morgan fingerprint density at radius 2 is 2.00 bits per heavy atom. The summed E-state index contributed by atoms with van der Waals surface area (Å²) in [7, 11) is 0. The van der Waals surface area contributed by atoms with Crippen LogP contribution in [0.1, 0.15) is 25.8 Å². The summed E-state index contributed by atoms with van der Waals surface area (Å²) in [5.74, 6) is -0.129. The van der Waals surface area contributed by atoms with Gasteiger partial charge in [0.15, 0.2) is 0 Å². The van der Waals surface area contributed by atoms with Crippen LogP contribution in [0.15, 0.2) is 18.2 Å². The van der Waals surface area contributed by atoms with Crippen molar-refractivity contribution in [3.8, 4) is 0 Å². The third-order valence-electron chi connectivity index (χ3n) is 2.41. The highest BCUT2D eigenvalue weighted by molar-refractivity contribution is 6.33. The Morgan fingerprint density at radius 3 is 2.50 bits per heavy atom. The van der Waals surface area contributed by atoms with Gasteiger partial charge in [-0.05, 0) is 32.0 Å². The average Bonchev–Trinajstić information content (AvgIpc) is 2.28. The number of carbonyl (C=O) groups excluding carboxylic acids is 1. The summed E-state index contributed by atoms with van der Waals surface area (Å²) in [4.78, 5) is 11.4. The van der Waals surface area contributed by atoms with Crippen molar-refractivity contribution in [3.63, 3.8) is 0 Å². The molecule has 1 aromatic rings. The van der Waals surface area contributed by atoms with Crippen molar-refractivity contribution in [2.24, 2.45) is 0 Å². The standard InChI is InChI=1S/C13H16ClF3N2O/c1-8(2)19-12(20)5-6-18-11-4-3-9(7-10(11)14)13(15,16)17/h3-4,7-8,18H,5-6H2,1-2H3,(H,19,20). The van der Waals surface area contributed by atoms with Crippen LogP contribution in [0.5, 0.6) is 0 Å². The van der Waals surface area contributed by atoms with Crippen LogP contribution in [-0.4, -0.2) is 18.5 Å². The average molecular weight is 309 g/mol. The molecule has 0 fully saturated rings. The van der Waals surface area contributed by atoms with Crippen LogP contribution in [-0.2, 0) is 11.0 Å². The number of hydrogen-bond acceptors (Lipinski definition) is 2. The van der Waals surface area contributed by atoms with Gasteiger partial charge in [0.2, 0.25) is 5.91 Å². The fraction of sp³-hybridized carbons (Fsp3) is 0.462. The number of hydrogen-bond donors (Lipinski definition) is 2. The van der Waals surface area contributed by atoms with Crippen LogP contribution in [0.2, 0.25) is 5.02 Å². The first-order chi connectivity index (χ1) is 9.20. The second kappa shape index (κ2) is 6.83. The maximum absolute atomic E-state index is 12.4. The van der Waals surface area contributed by atoms with E-state index >= 15 is 0 Å². The number of benzene rings is 1. The third-order valence-corrected chi connectivity index (χ3v) is 2.73. The molecule has 0 bridgehead atoms. The lowest BCUT2D eigenvalue weighted by atomic mass is 10.2. The fourth-order valence-electron chi connectivity index (χ4n) is 1.54. The van der Waals surface area contributed by atoms with Gasteiger partial charge in [0, 0.05) is 19.0 Å². The van der Waals surface area contributed by atoms with Gasteiger partial charge in [-0.15, -0.1) is 0 Å². The van der Waals surface area contributed by atoms with E-state index in [1.807, 2.05) is 13.8 Å². The molecular weight excluding hydrogens is 293 g/mol. The molecule has 0 aromatic heterocycles. The van der Waals surface area contributed by atoms with E-state index in [1.54, 1.807) is 0 Å². The van der Waals surface area contributed by atoms with E-state index in [2.05, 4.69) is 10.6 Å². The van der Waals surface area contributed by atoms with Crippen LogP contribution in [0.3, 0.4) is 0 Å². The zero-order chi connectivity index (χ0) is 15.3. The molecule has 0 aliphatic carbocycles. The van der Waals surface area contributed by atoms with Crippen molar-refractivity contribution in [1.29, 1.82) is 0 Å². The molecule has 7 heteroatoms. The van der Waals surface area contributed by atoms with Crippen LogP contribution in [0.25, 0.3) is 0 Å². The molecule has 0 radical (unpaired) electrons. The summed E-state index contributed by atoms with van der Waals surface area (Å²) in [5, 5.41) is 5.52. The van der Waals surface area contributed by atoms with Gasteiger partial charge in [-0.25, -0.2) is 0 Å². The number of amides is 1. The maximum Gasteiger partial charge on any atom is 0.416 e. The van der Waals surface area contributed by atoms with E-state index < -0.39 is 11.7 Å². The molecule has 2 N–H and O–H groups in total. The molecule has 1 aromatic carbocycles. The molecule has 0 unspecified atom stereocenters. The zero-order valence-electron chi connectivity index (χ0n) is 11.1. The van der Waals surface area contributed by atoms with Gasteiger partial charge < -0.3 is 10.6 Å². The van der Waals surface area contributed by atoms with E-state index in [0.717, 1.165) is 12.1 Å². The minimum Gasteiger partial charge on any atom is -0.383 e. The quantitative estimate of drug-likeness (QED) is 0.871. The number of rotatable bonds is 5. The van der Waals surface area contributed by atoms with E-state index in [1.165, 1.54) is 6.07 Å². The Kier molecular flexibility index (Phi) is 5.68. The molecule has 0 aliphatic heterocycles. The number of halogens is 4. The van der Waals surface area contributed by atoms with Gasteiger partial charge in [-0.3, -0.25) is 4.79 Å². The highest BCUT2D eigenvalue weighted by atomic mass is 35.5. The molecule has 20 heavy (non-hydrogen) atoms. The Bertz CT molecular complexity index is 475. The van der Waals surface area contributed by atoms with Crippen molar-refractivity contribution in [2.45, 2.75) is 32.5 Å². The van der Waals surface area contributed by atoms with Gasteiger partial charge in [-0.2, -0.15) is 13.2 Å². The summed E-state index contributed by atoms with van der Waals surface area (Å²) in [5.41, 5.74) is -0.428. The lowest BCUT2D eigenvalue weighted by Crippen LogP contribution is -2.31. The van der Waals surface area contributed by atoms with Crippen molar-refractivity contribution >= 4 is 23.2 Å². The van der Waals surface area contributed by atoms with Crippen molar-refractivity contribution in [3.05, 3.63) is 28.8 Å². The molecule has 0 spiro atoms. The van der Waals surface area contributed by atoms with Crippen molar-refractivity contribution in [1.82, 2.24) is 5.32 Å². The Labute approximate surface area is 120 Å². The minimum absolute atomic E-state index is 0.0240. The minimum atomic E-state index is -4.42. The van der Waals surface area contributed by atoms with Gasteiger partial charge in [-0.1, -0.05) is 11.6 Å². The molecule has 0 saturated heterocycles. The SMILES string of the molecule is CC(C)NC(=O)CCNc1ccc(C(F)(F)F)cc1Cl. The maximum atomic E-state index is 12.4. The smallest absolute Gasteiger partial charge is 0.383 e. The third kappa shape index (κ3) is 5.28. The van der Waals surface area contributed by atoms with Gasteiger partial charge >= 0.3 is 6.18 Å². The highest BCUT2D eigenvalue weighted by Gasteiger charge is 2.30. The first kappa shape index (κ1) is 16.6. The van der Waals surface area contributed by atoms with E-state index in [4.69, 9.17) is 11.6 Å². The van der Waals surface area contributed by atoms with E-state index in [9.17, 15) is 18.0 Å². The molecule has 0 saturated carbocycles. The summed E-state index contributed by atoms with van der Waals surface area (Å²) < 4.78 is 37.3. The molecule has 3 nitrogen and oxygen atoms in total. The van der Waals surface area contributed by atoms with E-state index in [-0.39, 0.29) is 23.4 Å². The largest absolute Gasteiger partial charge is 0.416 e. The summed E-state index contributed by atoms with van der Waals surface area (Å²) >= 11 is 5.77. The highest BCUT2D eigenvalue weighted by Crippen LogP contribution is 2.33. The fourth-order valence-corrected chi connectivity index (χ4v) is 1.79. The zero-order valence-corrected chi connectivity index (χ0v) is 11.9. The normalized spacial score (nSPS) is 11.6. The van der Waals surface area contributed by atoms with Crippen molar-refractivity contribution in [2.75, 3.05) is 11.9 Å². The first-order valence-corrected chi connectivity index (χ1v) is 6.48. The lowest BCUT2D eigenvalue weighted by molar-refractivity contribution is -0.137. The molecule has 112 valence electrons. The second-order valence-corrected chi connectivity index (χ2v) is 5.00. The predicted octanol–water partition coefficient (Wildman–Crippen LogP) is 3.69. The lowest BCUT2D eigenvalue weighted by Gasteiger charge is -2.12. The predicted molar refractivity (Wildman–Crippen MR) is 72.8 cm³/mol. The van der Waals surface area contributed by atoms with Crippen LogP contribution in [0.4, 0.5) is 18.9 Å². The van der Waals surface area contributed by atoms with Gasteiger partial charge in [0.1, 0.15) is 0 Å². The summed E-state index contributed by atoms with van der Waals surface area (Å²) in [6, 6.07) is 3.11. The number of carbonyl (C=O) groups is 1. The first-order valence-electron chi connectivity index (χ1n) is 6.10. The Morgan fingerprint density at radius 1 is 1.35 bits per heavy atom. The number of anilines is 1. The molecular formula is C13H16ClF3N2O. The summed E-state index contributed by atoms with van der Waals surface area (Å²) in [6.45, 7) is 3.99. The molecule has 1 rings (SSSR count). The Hall–Kier alpha value is -1.43. The van der Waals surface area contributed by atoms with Gasteiger partial charge in [0.05, 0.1) is 16.3 Å². The summed E-state index contributed by atoms with van der Waals surface area (Å²) in [6.07, 6.45) is -4.20. The van der Waals surface area contributed by atoms with Gasteiger partial charge in [0.25, 0.3) is 0 Å². The topological polar surface area (TPSA) is 41.1 Å². The molecule has 0 atom stereocenters. The second-order valence-electron chi connectivity index (χ2n) is 4.59. The molecule has 1 amide bonds. The number of nitrogens with one attached hydrogen (secondary N) is 2.